The summed E-state index contributed by atoms with van der Waals surface area (Å²) in [6, 6.07) is 0. The van der Waals surface area contributed by atoms with E-state index in [1.54, 1.807) is 0 Å². The Balaban J connectivity index is 1.93. The van der Waals surface area contributed by atoms with Gasteiger partial charge in [0.15, 0.2) is 0 Å². The van der Waals surface area contributed by atoms with Crippen LogP contribution in [0.5, 0.6) is 0 Å². The molecule has 4 nitrogen and oxygen atoms in total. The molecule has 1 saturated carbocycles. The fourth-order valence-corrected chi connectivity index (χ4v) is 3.53. The highest BCUT2D eigenvalue weighted by Gasteiger charge is 2.35. The van der Waals surface area contributed by atoms with Crippen LogP contribution >= 0.6 is 0 Å². The van der Waals surface area contributed by atoms with Crippen LogP contribution < -0.4 is 0 Å². The summed E-state index contributed by atoms with van der Waals surface area (Å²) in [5.74, 6) is 0.583. The molecule has 1 fully saturated rings. The van der Waals surface area contributed by atoms with Crippen LogP contribution in [0, 0.1) is 0 Å². The molecule has 1 heterocycles. The van der Waals surface area contributed by atoms with Crippen LogP contribution in [0.25, 0.3) is 0 Å². The third kappa shape index (κ3) is 1.74. The van der Waals surface area contributed by atoms with Gasteiger partial charge in [-0.2, -0.15) is 0 Å². The van der Waals surface area contributed by atoms with Gasteiger partial charge in [0.25, 0.3) is 0 Å². The molecule has 2 aliphatic rings. The molecule has 0 aliphatic heterocycles. The second-order valence-electron chi connectivity index (χ2n) is 5.63. The summed E-state index contributed by atoms with van der Waals surface area (Å²) in [7, 11) is 2.06. The normalized spacial score (nSPS) is 24.2. The lowest BCUT2D eigenvalue weighted by Gasteiger charge is -2.21. The molecule has 1 aromatic heterocycles. The minimum Gasteiger partial charge on any atom is -0.481 e. The van der Waals surface area contributed by atoms with Crippen LogP contribution in [-0.4, -0.2) is 20.6 Å². The summed E-state index contributed by atoms with van der Waals surface area (Å²) in [6.45, 7) is 0. The Morgan fingerprint density at radius 1 is 1.28 bits per heavy atom. The number of hydrogen-bond donors (Lipinski definition) is 1. The van der Waals surface area contributed by atoms with Gasteiger partial charge in [-0.1, -0.05) is 19.3 Å². The van der Waals surface area contributed by atoms with Crippen LogP contribution in [0.15, 0.2) is 0 Å². The first-order chi connectivity index (χ1) is 8.68. The van der Waals surface area contributed by atoms with Crippen molar-refractivity contribution in [1.82, 2.24) is 9.55 Å². The molecular formula is C14H20N2O2. The van der Waals surface area contributed by atoms with E-state index in [1.807, 2.05) is 0 Å². The van der Waals surface area contributed by atoms with Crippen molar-refractivity contribution in [2.45, 2.75) is 56.8 Å². The molecule has 18 heavy (non-hydrogen) atoms. The zero-order valence-corrected chi connectivity index (χ0v) is 10.9. The number of carboxylic acid groups (broad SMARTS) is 1. The van der Waals surface area contributed by atoms with Crippen LogP contribution in [-0.2, 0) is 18.3 Å². The summed E-state index contributed by atoms with van der Waals surface area (Å²) in [4.78, 5) is 15.9. The molecule has 0 spiro atoms. The first kappa shape index (κ1) is 11.8. The number of imidazole rings is 1. The lowest BCUT2D eigenvalue weighted by molar-refractivity contribution is -0.138. The van der Waals surface area contributed by atoms with Crippen LogP contribution in [0.3, 0.4) is 0 Å². The summed E-state index contributed by atoms with van der Waals surface area (Å²) in [5, 5.41) is 9.22. The standard InChI is InChI=1S/C14H20N2O2/c1-16-11-8-7-10(14(17)18)12(11)15-13(16)9-5-3-2-4-6-9/h9-10H,2-8H2,1H3,(H,17,18). The fraction of sp³-hybridized carbons (Fsp3) is 0.714. The Bertz CT molecular complexity index is 472. The maximum Gasteiger partial charge on any atom is 0.312 e. The minimum atomic E-state index is -0.720. The topological polar surface area (TPSA) is 55.1 Å². The molecule has 3 rings (SSSR count). The number of aromatic nitrogens is 2. The van der Waals surface area contributed by atoms with E-state index >= 15 is 0 Å². The maximum atomic E-state index is 11.2. The number of fused-ring (bicyclic) bond motifs is 1. The Labute approximate surface area is 107 Å². The van der Waals surface area contributed by atoms with Crippen molar-refractivity contribution in [1.29, 1.82) is 0 Å². The number of hydrogen-bond acceptors (Lipinski definition) is 2. The summed E-state index contributed by atoms with van der Waals surface area (Å²) >= 11 is 0. The average molecular weight is 248 g/mol. The summed E-state index contributed by atoms with van der Waals surface area (Å²) in [6.07, 6.45) is 7.89. The first-order valence-corrected chi connectivity index (χ1v) is 6.96. The number of rotatable bonds is 2. The number of carboxylic acids is 1. The monoisotopic (exact) mass is 248 g/mol. The van der Waals surface area contributed by atoms with Crippen LogP contribution in [0.4, 0.5) is 0 Å². The first-order valence-electron chi connectivity index (χ1n) is 6.96. The van der Waals surface area contributed by atoms with Crippen LogP contribution in [0.1, 0.15) is 67.6 Å². The molecule has 1 N–H and O–H groups in total. The molecule has 0 amide bonds. The predicted octanol–water partition coefficient (Wildman–Crippen LogP) is 2.58. The lowest BCUT2D eigenvalue weighted by atomic mass is 9.88. The average Bonchev–Trinajstić information content (AvgIpc) is 2.91. The van der Waals surface area contributed by atoms with E-state index in [0.29, 0.717) is 12.3 Å². The second kappa shape index (κ2) is 4.41. The van der Waals surface area contributed by atoms with E-state index in [2.05, 4.69) is 11.6 Å². The predicted molar refractivity (Wildman–Crippen MR) is 67.7 cm³/mol. The number of carbonyl (C=O) groups is 1. The molecule has 1 aromatic rings. The number of nitrogens with zero attached hydrogens (tertiary/aromatic N) is 2. The summed E-state index contributed by atoms with van der Waals surface area (Å²) in [5.41, 5.74) is 1.99. The Hall–Kier alpha value is -1.32. The van der Waals surface area contributed by atoms with Crippen molar-refractivity contribution in [2.75, 3.05) is 0 Å². The van der Waals surface area contributed by atoms with E-state index in [0.717, 1.165) is 23.6 Å². The fourth-order valence-electron chi connectivity index (χ4n) is 3.53. The molecule has 0 bridgehead atoms. The lowest BCUT2D eigenvalue weighted by Crippen LogP contribution is -2.12. The molecule has 0 radical (unpaired) electrons. The van der Waals surface area contributed by atoms with Crippen molar-refractivity contribution >= 4 is 5.97 Å². The third-order valence-electron chi connectivity index (χ3n) is 4.55. The van der Waals surface area contributed by atoms with Gasteiger partial charge in [0, 0.05) is 18.7 Å². The molecular weight excluding hydrogens is 228 g/mol. The van der Waals surface area contributed by atoms with E-state index in [-0.39, 0.29) is 5.92 Å². The van der Waals surface area contributed by atoms with Crippen molar-refractivity contribution in [3.05, 3.63) is 17.2 Å². The largest absolute Gasteiger partial charge is 0.481 e. The smallest absolute Gasteiger partial charge is 0.312 e. The van der Waals surface area contributed by atoms with E-state index in [4.69, 9.17) is 4.98 Å². The highest BCUT2D eigenvalue weighted by Crippen LogP contribution is 2.38. The van der Waals surface area contributed by atoms with Gasteiger partial charge in [-0.05, 0) is 25.7 Å². The molecule has 4 heteroatoms. The Morgan fingerprint density at radius 3 is 2.67 bits per heavy atom. The molecule has 0 aromatic carbocycles. The summed E-state index contributed by atoms with van der Waals surface area (Å²) < 4.78 is 2.17. The van der Waals surface area contributed by atoms with Gasteiger partial charge in [-0.25, -0.2) is 4.98 Å². The molecule has 1 unspecified atom stereocenters. The highest BCUT2D eigenvalue weighted by molar-refractivity contribution is 5.76. The van der Waals surface area contributed by atoms with Crippen molar-refractivity contribution in [3.8, 4) is 0 Å². The SMILES string of the molecule is Cn1c(C2CCCCC2)nc2c1CCC2C(=O)O. The highest BCUT2D eigenvalue weighted by atomic mass is 16.4. The van der Waals surface area contributed by atoms with E-state index in [1.165, 1.54) is 32.1 Å². The van der Waals surface area contributed by atoms with Gasteiger partial charge >= 0.3 is 5.97 Å². The van der Waals surface area contributed by atoms with Gasteiger partial charge in [-0.15, -0.1) is 0 Å². The van der Waals surface area contributed by atoms with E-state index in [9.17, 15) is 9.90 Å². The molecule has 98 valence electrons. The quantitative estimate of drug-likeness (QED) is 0.875. The van der Waals surface area contributed by atoms with Crippen molar-refractivity contribution < 1.29 is 9.90 Å². The third-order valence-corrected chi connectivity index (χ3v) is 4.55. The van der Waals surface area contributed by atoms with Gasteiger partial charge < -0.3 is 9.67 Å². The van der Waals surface area contributed by atoms with Crippen molar-refractivity contribution in [3.63, 3.8) is 0 Å². The Morgan fingerprint density at radius 2 is 2.00 bits per heavy atom. The second-order valence-corrected chi connectivity index (χ2v) is 5.63. The van der Waals surface area contributed by atoms with Gasteiger partial charge in [0.2, 0.25) is 0 Å². The number of aliphatic carboxylic acids is 1. The van der Waals surface area contributed by atoms with Gasteiger partial charge in [-0.3, -0.25) is 4.79 Å². The van der Waals surface area contributed by atoms with Gasteiger partial charge in [0.05, 0.1) is 5.69 Å². The van der Waals surface area contributed by atoms with Crippen molar-refractivity contribution in [2.24, 2.45) is 7.05 Å². The molecule has 2 aliphatic carbocycles. The zero-order valence-electron chi connectivity index (χ0n) is 10.9. The zero-order chi connectivity index (χ0) is 12.7. The van der Waals surface area contributed by atoms with Gasteiger partial charge in [0.1, 0.15) is 11.7 Å². The maximum absolute atomic E-state index is 11.2. The molecule has 1 atom stereocenters. The molecule has 0 saturated heterocycles. The Kier molecular flexibility index (Phi) is 2.88. The van der Waals surface area contributed by atoms with Crippen LogP contribution in [0.2, 0.25) is 0 Å². The minimum absolute atomic E-state index is 0.372. The van der Waals surface area contributed by atoms with E-state index < -0.39 is 5.97 Å².